The molecule has 0 unspecified atom stereocenters. The van der Waals surface area contributed by atoms with E-state index in [1.165, 1.54) is 6.26 Å². The van der Waals surface area contributed by atoms with Crippen LogP contribution in [0.15, 0.2) is 45.6 Å². The molecule has 3 rings (SSSR count). The van der Waals surface area contributed by atoms with E-state index in [0.29, 0.717) is 44.7 Å². The second kappa shape index (κ2) is 7.17. The SMILES string of the molecule is O=C(NCCc1ccco1)C1CCN(C(=O)c2ccco2)CC1. The molecule has 0 radical (unpaired) electrons. The van der Waals surface area contributed by atoms with Crippen molar-refractivity contribution in [2.45, 2.75) is 19.3 Å². The summed E-state index contributed by atoms with van der Waals surface area (Å²) in [6, 6.07) is 7.09. The summed E-state index contributed by atoms with van der Waals surface area (Å²) >= 11 is 0. The first kappa shape index (κ1) is 15.4. The van der Waals surface area contributed by atoms with E-state index in [1.807, 2.05) is 12.1 Å². The van der Waals surface area contributed by atoms with Gasteiger partial charge < -0.3 is 19.1 Å². The van der Waals surface area contributed by atoms with Crippen LogP contribution in [-0.4, -0.2) is 36.3 Å². The Morgan fingerprint density at radius 2 is 1.87 bits per heavy atom. The Morgan fingerprint density at radius 1 is 1.13 bits per heavy atom. The minimum atomic E-state index is -0.105. The van der Waals surface area contributed by atoms with Gasteiger partial charge in [0.25, 0.3) is 5.91 Å². The number of piperidine rings is 1. The monoisotopic (exact) mass is 316 g/mol. The van der Waals surface area contributed by atoms with Crippen molar-refractivity contribution in [3.05, 3.63) is 48.3 Å². The minimum Gasteiger partial charge on any atom is -0.469 e. The lowest BCUT2D eigenvalue weighted by molar-refractivity contribution is -0.126. The fraction of sp³-hybridized carbons (Fsp3) is 0.412. The van der Waals surface area contributed by atoms with Gasteiger partial charge in [0.2, 0.25) is 5.91 Å². The topological polar surface area (TPSA) is 75.7 Å². The van der Waals surface area contributed by atoms with Crippen molar-refractivity contribution in [2.24, 2.45) is 5.92 Å². The first-order valence-corrected chi connectivity index (χ1v) is 7.87. The van der Waals surface area contributed by atoms with Gasteiger partial charge in [-0.3, -0.25) is 9.59 Å². The van der Waals surface area contributed by atoms with Gasteiger partial charge in [-0.2, -0.15) is 0 Å². The standard InChI is InChI=1S/C17H20N2O4/c20-16(18-8-5-14-3-1-11-22-14)13-6-9-19(10-7-13)17(21)15-4-2-12-23-15/h1-4,11-13H,5-10H2,(H,18,20). The lowest BCUT2D eigenvalue weighted by Gasteiger charge is -2.30. The van der Waals surface area contributed by atoms with Gasteiger partial charge in [0.15, 0.2) is 5.76 Å². The van der Waals surface area contributed by atoms with Gasteiger partial charge in [0, 0.05) is 32.0 Å². The van der Waals surface area contributed by atoms with Crippen molar-refractivity contribution >= 4 is 11.8 Å². The molecule has 1 fully saturated rings. The number of carbonyl (C=O) groups is 2. The molecule has 1 aliphatic rings. The molecule has 6 nitrogen and oxygen atoms in total. The summed E-state index contributed by atoms with van der Waals surface area (Å²) in [5.74, 6) is 1.14. The zero-order chi connectivity index (χ0) is 16.1. The summed E-state index contributed by atoms with van der Waals surface area (Å²) in [6.07, 6.45) is 5.17. The number of hydrogen-bond donors (Lipinski definition) is 1. The van der Waals surface area contributed by atoms with Crippen molar-refractivity contribution < 1.29 is 18.4 Å². The maximum atomic E-state index is 12.2. The van der Waals surface area contributed by atoms with Crippen molar-refractivity contribution in [1.82, 2.24) is 10.2 Å². The van der Waals surface area contributed by atoms with Crippen molar-refractivity contribution in [3.63, 3.8) is 0 Å². The average Bonchev–Trinajstić information content (AvgIpc) is 3.28. The molecular weight excluding hydrogens is 296 g/mol. The molecule has 0 saturated carbocycles. The van der Waals surface area contributed by atoms with E-state index in [1.54, 1.807) is 23.3 Å². The van der Waals surface area contributed by atoms with Crippen LogP contribution in [0.1, 0.15) is 29.2 Å². The van der Waals surface area contributed by atoms with Crippen LogP contribution in [0.5, 0.6) is 0 Å². The van der Waals surface area contributed by atoms with Gasteiger partial charge >= 0.3 is 0 Å². The minimum absolute atomic E-state index is 0.0350. The molecule has 1 aliphatic heterocycles. The van der Waals surface area contributed by atoms with Crippen molar-refractivity contribution in [1.29, 1.82) is 0 Å². The number of rotatable bonds is 5. The molecule has 6 heteroatoms. The quantitative estimate of drug-likeness (QED) is 0.916. The summed E-state index contributed by atoms with van der Waals surface area (Å²) in [5.41, 5.74) is 0. The van der Waals surface area contributed by atoms with E-state index in [9.17, 15) is 9.59 Å². The molecule has 0 atom stereocenters. The highest BCUT2D eigenvalue weighted by molar-refractivity contribution is 5.91. The second-order valence-electron chi connectivity index (χ2n) is 5.66. The number of hydrogen-bond acceptors (Lipinski definition) is 4. The number of nitrogens with zero attached hydrogens (tertiary/aromatic N) is 1. The predicted octanol–water partition coefficient (Wildman–Crippen LogP) is 2.08. The van der Waals surface area contributed by atoms with E-state index in [0.717, 1.165) is 5.76 Å². The van der Waals surface area contributed by atoms with Crippen LogP contribution in [0.3, 0.4) is 0 Å². The molecule has 2 amide bonds. The summed E-state index contributed by atoms with van der Waals surface area (Å²) in [5, 5.41) is 2.94. The van der Waals surface area contributed by atoms with Crippen LogP contribution in [-0.2, 0) is 11.2 Å². The van der Waals surface area contributed by atoms with Crippen LogP contribution in [0.2, 0.25) is 0 Å². The van der Waals surface area contributed by atoms with Crippen molar-refractivity contribution in [3.8, 4) is 0 Å². The highest BCUT2D eigenvalue weighted by Crippen LogP contribution is 2.19. The molecule has 2 aromatic rings. The molecule has 3 heterocycles. The normalized spacial score (nSPS) is 15.6. The van der Waals surface area contributed by atoms with Crippen LogP contribution in [0, 0.1) is 5.92 Å². The highest BCUT2D eigenvalue weighted by atomic mass is 16.3. The third-order valence-corrected chi connectivity index (χ3v) is 4.14. The van der Waals surface area contributed by atoms with Gasteiger partial charge in [-0.25, -0.2) is 0 Å². The number of nitrogens with one attached hydrogen (secondary N) is 1. The summed E-state index contributed by atoms with van der Waals surface area (Å²) < 4.78 is 10.4. The number of carbonyl (C=O) groups excluding carboxylic acids is 2. The van der Waals surface area contributed by atoms with Crippen LogP contribution in [0.25, 0.3) is 0 Å². The molecule has 0 aromatic carbocycles. The Morgan fingerprint density at radius 3 is 2.52 bits per heavy atom. The molecule has 0 spiro atoms. The molecular formula is C17H20N2O4. The second-order valence-corrected chi connectivity index (χ2v) is 5.66. The third kappa shape index (κ3) is 3.83. The van der Waals surface area contributed by atoms with E-state index in [-0.39, 0.29) is 17.7 Å². The third-order valence-electron chi connectivity index (χ3n) is 4.14. The Kier molecular flexibility index (Phi) is 4.80. The predicted molar refractivity (Wildman–Crippen MR) is 82.8 cm³/mol. The van der Waals surface area contributed by atoms with Gasteiger partial charge in [-0.05, 0) is 37.1 Å². The van der Waals surface area contributed by atoms with E-state index in [4.69, 9.17) is 8.83 Å². The molecule has 2 aromatic heterocycles. The Labute approximate surface area is 134 Å². The maximum Gasteiger partial charge on any atom is 0.289 e. The molecule has 1 N–H and O–H groups in total. The molecule has 0 bridgehead atoms. The molecule has 122 valence electrons. The number of likely N-dealkylation sites (tertiary alicyclic amines) is 1. The van der Waals surface area contributed by atoms with Crippen molar-refractivity contribution in [2.75, 3.05) is 19.6 Å². The molecule has 0 aliphatic carbocycles. The van der Waals surface area contributed by atoms with Gasteiger partial charge in [0.05, 0.1) is 12.5 Å². The fourth-order valence-electron chi connectivity index (χ4n) is 2.81. The Hall–Kier alpha value is -2.50. The average molecular weight is 316 g/mol. The lowest BCUT2D eigenvalue weighted by Crippen LogP contribution is -2.43. The van der Waals surface area contributed by atoms with Gasteiger partial charge in [0.1, 0.15) is 5.76 Å². The smallest absolute Gasteiger partial charge is 0.289 e. The largest absolute Gasteiger partial charge is 0.469 e. The molecule has 23 heavy (non-hydrogen) atoms. The van der Waals surface area contributed by atoms with E-state index < -0.39 is 0 Å². The maximum absolute atomic E-state index is 12.2. The van der Waals surface area contributed by atoms with Crippen LogP contribution < -0.4 is 5.32 Å². The van der Waals surface area contributed by atoms with Gasteiger partial charge in [-0.15, -0.1) is 0 Å². The molecule has 1 saturated heterocycles. The zero-order valence-corrected chi connectivity index (χ0v) is 12.9. The van der Waals surface area contributed by atoms with E-state index >= 15 is 0 Å². The fourth-order valence-corrected chi connectivity index (χ4v) is 2.81. The number of amides is 2. The first-order chi connectivity index (χ1) is 11.2. The summed E-state index contributed by atoms with van der Waals surface area (Å²) in [4.78, 5) is 26.1. The zero-order valence-electron chi connectivity index (χ0n) is 12.9. The Balaban J connectivity index is 1.41. The first-order valence-electron chi connectivity index (χ1n) is 7.87. The number of furan rings is 2. The summed E-state index contributed by atoms with van der Waals surface area (Å²) in [6.45, 7) is 1.73. The van der Waals surface area contributed by atoms with E-state index in [2.05, 4.69) is 5.32 Å². The van der Waals surface area contributed by atoms with Gasteiger partial charge in [-0.1, -0.05) is 0 Å². The Bertz CT molecular complexity index is 626. The van der Waals surface area contributed by atoms with Crippen LogP contribution in [0.4, 0.5) is 0 Å². The van der Waals surface area contributed by atoms with Crippen LogP contribution >= 0.6 is 0 Å². The lowest BCUT2D eigenvalue weighted by atomic mass is 9.95. The summed E-state index contributed by atoms with van der Waals surface area (Å²) in [7, 11) is 0. The highest BCUT2D eigenvalue weighted by Gasteiger charge is 2.28.